The van der Waals surface area contributed by atoms with Gasteiger partial charge in [-0.1, -0.05) is 12.1 Å². The maximum atomic E-state index is 12.1. The molecule has 1 N–H and O–H groups in total. The number of nitrogens with zero attached hydrogens (tertiary/aromatic N) is 2. The number of pyridine rings is 1. The van der Waals surface area contributed by atoms with E-state index in [0.29, 0.717) is 18.0 Å². The second-order valence-corrected chi connectivity index (χ2v) is 5.76. The fourth-order valence-corrected chi connectivity index (χ4v) is 2.01. The number of benzene rings is 1. The summed E-state index contributed by atoms with van der Waals surface area (Å²) in [7, 11) is 3.98. The van der Waals surface area contributed by atoms with Crippen molar-refractivity contribution in [3.8, 4) is 5.75 Å². The van der Waals surface area contributed by atoms with E-state index >= 15 is 0 Å². The van der Waals surface area contributed by atoms with E-state index in [0.717, 1.165) is 17.7 Å². The van der Waals surface area contributed by atoms with Crippen LogP contribution in [0.15, 0.2) is 48.8 Å². The molecule has 2 rings (SSSR count). The van der Waals surface area contributed by atoms with E-state index < -0.39 is 0 Å². The normalized spacial score (nSPS) is 11.0. The van der Waals surface area contributed by atoms with Crippen LogP contribution in [0.1, 0.15) is 11.1 Å². The second-order valence-electron chi connectivity index (χ2n) is 5.76. The zero-order valence-corrected chi connectivity index (χ0v) is 14.3. The van der Waals surface area contributed by atoms with E-state index in [4.69, 9.17) is 4.74 Å². The van der Waals surface area contributed by atoms with Gasteiger partial charge in [0.05, 0.1) is 5.69 Å². The number of carbonyl (C=O) groups is 1. The van der Waals surface area contributed by atoms with Crippen molar-refractivity contribution < 1.29 is 9.53 Å². The Morgan fingerprint density at radius 1 is 1.33 bits per heavy atom. The molecule has 0 bridgehead atoms. The van der Waals surface area contributed by atoms with Gasteiger partial charge in [0.2, 0.25) is 5.91 Å². The van der Waals surface area contributed by atoms with Crippen LogP contribution < -0.4 is 10.1 Å². The minimum atomic E-state index is -0.208. The number of likely N-dealkylation sites (N-methyl/N-ethyl adjacent to an activating group) is 1. The number of hydrogen-bond donors (Lipinski definition) is 1. The number of aryl methyl sites for hydroxylation is 1. The second kappa shape index (κ2) is 8.84. The predicted molar refractivity (Wildman–Crippen MR) is 97.1 cm³/mol. The Hall–Kier alpha value is -2.66. The van der Waals surface area contributed by atoms with E-state index in [1.54, 1.807) is 18.5 Å². The van der Waals surface area contributed by atoms with Gasteiger partial charge in [0.15, 0.2) is 0 Å². The molecule has 1 aromatic heterocycles. The number of hydrogen-bond acceptors (Lipinski definition) is 4. The van der Waals surface area contributed by atoms with Crippen LogP contribution >= 0.6 is 0 Å². The Morgan fingerprint density at radius 2 is 2.17 bits per heavy atom. The molecule has 5 nitrogen and oxygen atoms in total. The van der Waals surface area contributed by atoms with Gasteiger partial charge in [-0.25, -0.2) is 0 Å². The summed E-state index contributed by atoms with van der Waals surface area (Å²) in [5.74, 6) is 0.472. The summed E-state index contributed by atoms with van der Waals surface area (Å²) >= 11 is 0. The highest BCUT2D eigenvalue weighted by Gasteiger charge is 2.07. The highest BCUT2D eigenvalue weighted by molar-refractivity contribution is 6.02. The smallest absolute Gasteiger partial charge is 0.248 e. The quantitative estimate of drug-likeness (QED) is 0.795. The van der Waals surface area contributed by atoms with Gasteiger partial charge in [-0.15, -0.1) is 0 Å². The van der Waals surface area contributed by atoms with Gasteiger partial charge in [0, 0.05) is 25.0 Å². The molecule has 1 aromatic carbocycles. The fraction of sp³-hybridized carbons (Fsp3) is 0.263. The lowest BCUT2D eigenvalue weighted by molar-refractivity contribution is -0.111. The summed E-state index contributed by atoms with van der Waals surface area (Å²) < 4.78 is 5.80. The Labute approximate surface area is 143 Å². The number of anilines is 1. The van der Waals surface area contributed by atoms with E-state index in [-0.39, 0.29) is 5.91 Å². The van der Waals surface area contributed by atoms with Gasteiger partial charge in [-0.3, -0.25) is 9.78 Å². The molecule has 2 aromatic rings. The Bertz CT molecular complexity index is 697. The van der Waals surface area contributed by atoms with Gasteiger partial charge in [-0.05, 0) is 56.4 Å². The van der Waals surface area contributed by atoms with Gasteiger partial charge < -0.3 is 15.0 Å². The molecule has 0 aliphatic heterocycles. The molecule has 0 unspecified atom stereocenters. The van der Waals surface area contributed by atoms with Gasteiger partial charge in [0.1, 0.15) is 12.4 Å². The summed E-state index contributed by atoms with van der Waals surface area (Å²) in [6.07, 6.45) is 6.61. The molecule has 0 radical (unpaired) electrons. The van der Waals surface area contributed by atoms with Crippen molar-refractivity contribution in [2.24, 2.45) is 0 Å². The van der Waals surface area contributed by atoms with Crippen molar-refractivity contribution in [3.05, 3.63) is 59.9 Å². The molecule has 1 heterocycles. The molecule has 0 spiro atoms. The van der Waals surface area contributed by atoms with E-state index in [1.807, 2.05) is 56.3 Å². The standard InChI is InChI=1S/C19H23N3O2/c1-15-6-8-17(18(13-15)24-12-11-22(2)3)21-19(23)9-7-16-5-4-10-20-14-16/h4-10,13-14H,11-12H2,1-3H3,(H,21,23)/b9-7-. The summed E-state index contributed by atoms with van der Waals surface area (Å²) in [5.41, 5.74) is 2.62. The predicted octanol–water partition coefficient (Wildman–Crippen LogP) is 2.98. The monoisotopic (exact) mass is 325 g/mol. The fourth-order valence-electron chi connectivity index (χ4n) is 2.01. The van der Waals surface area contributed by atoms with Crippen molar-refractivity contribution >= 4 is 17.7 Å². The summed E-state index contributed by atoms with van der Waals surface area (Å²) in [6.45, 7) is 3.36. The third kappa shape index (κ3) is 5.85. The molecule has 0 saturated heterocycles. The number of rotatable bonds is 7. The summed E-state index contributed by atoms with van der Waals surface area (Å²) in [5, 5.41) is 2.86. The van der Waals surface area contributed by atoms with Crippen molar-refractivity contribution in [3.63, 3.8) is 0 Å². The minimum Gasteiger partial charge on any atom is -0.490 e. The van der Waals surface area contributed by atoms with E-state index in [2.05, 4.69) is 10.3 Å². The maximum absolute atomic E-state index is 12.1. The lowest BCUT2D eigenvalue weighted by atomic mass is 10.2. The highest BCUT2D eigenvalue weighted by atomic mass is 16.5. The molecule has 5 heteroatoms. The molecule has 24 heavy (non-hydrogen) atoms. The van der Waals surface area contributed by atoms with Crippen molar-refractivity contribution in [2.45, 2.75) is 6.92 Å². The van der Waals surface area contributed by atoms with Crippen molar-refractivity contribution in [1.29, 1.82) is 0 Å². The van der Waals surface area contributed by atoms with E-state index in [1.165, 1.54) is 6.08 Å². The first-order valence-electron chi connectivity index (χ1n) is 7.82. The molecular formula is C19H23N3O2. The Morgan fingerprint density at radius 3 is 2.88 bits per heavy atom. The number of amides is 1. The first-order chi connectivity index (χ1) is 11.5. The molecular weight excluding hydrogens is 302 g/mol. The third-order valence-corrected chi connectivity index (χ3v) is 3.30. The first kappa shape index (κ1) is 17.7. The van der Waals surface area contributed by atoms with Gasteiger partial charge in [0.25, 0.3) is 0 Å². The summed E-state index contributed by atoms with van der Waals surface area (Å²) in [4.78, 5) is 18.2. The first-order valence-corrected chi connectivity index (χ1v) is 7.82. The van der Waals surface area contributed by atoms with Crippen LogP contribution in [0.4, 0.5) is 5.69 Å². The minimum absolute atomic E-state index is 0.208. The average Bonchev–Trinajstić information content (AvgIpc) is 2.56. The number of ether oxygens (including phenoxy) is 1. The van der Waals surface area contributed by atoms with Crippen LogP contribution in [0.25, 0.3) is 6.08 Å². The topological polar surface area (TPSA) is 54.5 Å². The number of nitrogens with one attached hydrogen (secondary N) is 1. The maximum Gasteiger partial charge on any atom is 0.248 e. The summed E-state index contributed by atoms with van der Waals surface area (Å²) in [6, 6.07) is 9.44. The molecule has 0 fully saturated rings. The lowest BCUT2D eigenvalue weighted by Gasteiger charge is -2.14. The molecule has 0 aliphatic carbocycles. The SMILES string of the molecule is Cc1ccc(NC(=O)/C=C\c2cccnc2)c(OCCN(C)C)c1. The zero-order chi connectivity index (χ0) is 17.4. The van der Waals surface area contributed by atoms with Crippen LogP contribution in [0, 0.1) is 6.92 Å². The van der Waals surface area contributed by atoms with Crippen LogP contribution in [-0.4, -0.2) is 43.0 Å². The Balaban J connectivity index is 2.02. The van der Waals surface area contributed by atoms with Crippen LogP contribution in [-0.2, 0) is 4.79 Å². The van der Waals surface area contributed by atoms with Gasteiger partial charge in [-0.2, -0.15) is 0 Å². The van der Waals surface area contributed by atoms with Crippen LogP contribution in [0.3, 0.4) is 0 Å². The molecule has 0 saturated carbocycles. The number of carbonyl (C=O) groups excluding carboxylic acids is 1. The van der Waals surface area contributed by atoms with Gasteiger partial charge >= 0.3 is 0 Å². The molecule has 126 valence electrons. The third-order valence-electron chi connectivity index (χ3n) is 3.30. The largest absolute Gasteiger partial charge is 0.490 e. The van der Waals surface area contributed by atoms with Crippen LogP contribution in [0.5, 0.6) is 5.75 Å². The highest BCUT2D eigenvalue weighted by Crippen LogP contribution is 2.25. The van der Waals surface area contributed by atoms with E-state index in [9.17, 15) is 4.79 Å². The Kier molecular flexibility index (Phi) is 6.51. The van der Waals surface area contributed by atoms with Crippen LogP contribution in [0.2, 0.25) is 0 Å². The number of aromatic nitrogens is 1. The lowest BCUT2D eigenvalue weighted by Crippen LogP contribution is -2.20. The zero-order valence-electron chi connectivity index (χ0n) is 14.3. The molecule has 0 atom stereocenters. The van der Waals surface area contributed by atoms with Crippen molar-refractivity contribution in [2.75, 3.05) is 32.6 Å². The molecule has 0 aliphatic rings. The van der Waals surface area contributed by atoms with Crippen molar-refractivity contribution in [1.82, 2.24) is 9.88 Å². The molecule has 1 amide bonds. The average molecular weight is 325 g/mol.